The number of amides is 1. The summed E-state index contributed by atoms with van der Waals surface area (Å²) in [5.74, 6) is 1.54. The van der Waals surface area contributed by atoms with Crippen LogP contribution in [0, 0.1) is 0 Å². The third-order valence-corrected chi connectivity index (χ3v) is 3.92. The lowest BCUT2D eigenvalue weighted by Gasteiger charge is -2.23. The molecule has 3 rings (SSSR count). The second kappa shape index (κ2) is 7.25. The quantitative estimate of drug-likeness (QED) is 0.872. The average molecular weight is 326 g/mol. The molecule has 0 fully saturated rings. The van der Waals surface area contributed by atoms with Crippen LogP contribution in [0.1, 0.15) is 31.9 Å². The molecule has 24 heavy (non-hydrogen) atoms. The Kier molecular flexibility index (Phi) is 4.89. The van der Waals surface area contributed by atoms with Crippen LogP contribution in [0.4, 0.5) is 11.4 Å². The van der Waals surface area contributed by atoms with Crippen molar-refractivity contribution in [1.29, 1.82) is 0 Å². The summed E-state index contributed by atoms with van der Waals surface area (Å²) in [5, 5.41) is 6.29. The molecule has 1 heterocycles. The van der Waals surface area contributed by atoms with Crippen LogP contribution >= 0.6 is 0 Å². The number of anilines is 2. The number of ether oxygens (including phenoxy) is 2. The second-order valence-corrected chi connectivity index (χ2v) is 5.77. The Hall–Kier alpha value is -2.69. The lowest BCUT2D eigenvalue weighted by atomic mass is 10.0. The number of carbonyl (C=O) groups excluding carboxylic acids is 1. The van der Waals surface area contributed by atoms with Crippen LogP contribution in [0.25, 0.3) is 0 Å². The van der Waals surface area contributed by atoms with E-state index in [1.54, 1.807) is 0 Å². The van der Waals surface area contributed by atoms with Gasteiger partial charge in [-0.25, -0.2) is 0 Å². The minimum atomic E-state index is -0.0709. The zero-order valence-corrected chi connectivity index (χ0v) is 14.0. The molecule has 2 N–H and O–H groups in total. The molecule has 1 aliphatic rings. The fourth-order valence-corrected chi connectivity index (χ4v) is 2.75. The number of nitrogens with one attached hydrogen (secondary N) is 2. The Labute approximate surface area is 142 Å². The van der Waals surface area contributed by atoms with E-state index in [4.69, 9.17) is 9.47 Å². The molecule has 1 aliphatic heterocycles. The van der Waals surface area contributed by atoms with Gasteiger partial charge in [0.25, 0.3) is 0 Å². The smallest absolute Gasteiger partial charge is 0.221 e. The van der Waals surface area contributed by atoms with Crippen LogP contribution in [-0.2, 0) is 4.79 Å². The third-order valence-electron chi connectivity index (χ3n) is 3.92. The first-order chi connectivity index (χ1) is 11.7. The molecule has 2 aromatic rings. The van der Waals surface area contributed by atoms with Crippen LogP contribution in [-0.4, -0.2) is 19.1 Å². The number of rotatable bonds is 5. The van der Waals surface area contributed by atoms with Gasteiger partial charge in [-0.15, -0.1) is 0 Å². The van der Waals surface area contributed by atoms with Crippen molar-refractivity contribution in [2.45, 2.75) is 26.3 Å². The Balaban J connectivity index is 1.73. The van der Waals surface area contributed by atoms with Crippen molar-refractivity contribution in [3.63, 3.8) is 0 Å². The maximum atomic E-state index is 11.1. The molecule has 2 aromatic carbocycles. The van der Waals surface area contributed by atoms with Crippen LogP contribution in [0.3, 0.4) is 0 Å². The van der Waals surface area contributed by atoms with Crippen LogP contribution in [0.5, 0.6) is 11.5 Å². The summed E-state index contributed by atoms with van der Waals surface area (Å²) in [4.78, 5) is 11.1. The molecule has 5 nitrogen and oxygen atoms in total. The van der Waals surface area contributed by atoms with Gasteiger partial charge in [0, 0.05) is 18.3 Å². The fraction of sp³-hybridized carbons (Fsp3) is 0.316. The average Bonchev–Trinajstić information content (AvgIpc) is 2.60. The van der Waals surface area contributed by atoms with E-state index >= 15 is 0 Å². The molecule has 1 amide bonds. The molecule has 126 valence electrons. The molecular weight excluding hydrogens is 304 g/mol. The Morgan fingerprint density at radius 2 is 1.71 bits per heavy atom. The van der Waals surface area contributed by atoms with E-state index in [0.29, 0.717) is 13.2 Å². The van der Waals surface area contributed by atoms with Crippen LogP contribution in [0.15, 0.2) is 42.5 Å². The van der Waals surface area contributed by atoms with Crippen LogP contribution < -0.4 is 20.1 Å². The van der Waals surface area contributed by atoms with E-state index in [1.165, 1.54) is 6.92 Å². The standard InChI is InChI=1S/C19H22N2O3/c1-3-17(14-4-9-18-19(12-14)24-11-10-23-18)21-16-7-5-15(6-8-16)20-13(2)22/h4-9,12,17,21H,3,10-11H2,1-2H3,(H,20,22)/t17-/m0/s1. The van der Waals surface area contributed by atoms with Crippen molar-refractivity contribution in [2.24, 2.45) is 0 Å². The van der Waals surface area contributed by atoms with E-state index < -0.39 is 0 Å². The first-order valence-corrected chi connectivity index (χ1v) is 8.19. The minimum absolute atomic E-state index is 0.0709. The normalized spacial score (nSPS) is 13.9. The summed E-state index contributed by atoms with van der Waals surface area (Å²) >= 11 is 0. The number of hydrogen-bond acceptors (Lipinski definition) is 4. The Morgan fingerprint density at radius 1 is 1.04 bits per heavy atom. The zero-order chi connectivity index (χ0) is 16.9. The highest BCUT2D eigenvalue weighted by atomic mass is 16.6. The van der Waals surface area contributed by atoms with Gasteiger partial charge in [-0.05, 0) is 48.4 Å². The van der Waals surface area contributed by atoms with Crippen molar-refractivity contribution in [2.75, 3.05) is 23.8 Å². The maximum absolute atomic E-state index is 11.1. The molecule has 0 spiro atoms. The first kappa shape index (κ1) is 16.2. The van der Waals surface area contributed by atoms with E-state index in [2.05, 4.69) is 23.6 Å². The molecular formula is C19H22N2O3. The summed E-state index contributed by atoms with van der Waals surface area (Å²) < 4.78 is 11.2. The van der Waals surface area contributed by atoms with Gasteiger partial charge in [-0.1, -0.05) is 13.0 Å². The van der Waals surface area contributed by atoms with Crippen molar-refractivity contribution < 1.29 is 14.3 Å². The summed E-state index contributed by atoms with van der Waals surface area (Å²) in [7, 11) is 0. The van der Waals surface area contributed by atoms with E-state index in [9.17, 15) is 4.79 Å². The zero-order valence-electron chi connectivity index (χ0n) is 14.0. The number of fused-ring (bicyclic) bond motifs is 1. The summed E-state index contributed by atoms with van der Waals surface area (Å²) in [6.45, 7) is 4.83. The first-order valence-electron chi connectivity index (χ1n) is 8.19. The molecule has 5 heteroatoms. The van der Waals surface area contributed by atoms with Crippen molar-refractivity contribution in [3.8, 4) is 11.5 Å². The lowest BCUT2D eigenvalue weighted by Crippen LogP contribution is -2.16. The molecule has 0 radical (unpaired) electrons. The van der Waals surface area contributed by atoms with Crippen molar-refractivity contribution in [3.05, 3.63) is 48.0 Å². The number of benzene rings is 2. The van der Waals surface area contributed by atoms with Gasteiger partial charge in [-0.3, -0.25) is 4.79 Å². The monoisotopic (exact) mass is 326 g/mol. The molecule has 0 bridgehead atoms. The molecule has 0 aliphatic carbocycles. The summed E-state index contributed by atoms with van der Waals surface area (Å²) in [6.07, 6.45) is 0.938. The fourth-order valence-electron chi connectivity index (χ4n) is 2.75. The Morgan fingerprint density at radius 3 is 2.38 bits per heavy atom. The van der Waals surface area contributed by atoms with Crippen molar-refractivity contribution in [1.82, 2.24) is 0 Å². The van der Waals surface area contributed by atoms with Gasteiger partial charge >= 0.3 is 0 Å². The second-order valence-electron chi connectivity index (χ2n) is 5.77. The highest BCUT2D eigenvalue weighted by Gasteiger charge is 2.16. The van der Waals surface area contributed by atoms with Gasteiger partial charge in [-0.2, -0.15) is 0 Å². The molecule has 1 atom stereocenters. The lowest BCUT2D eigenvalue weighted by molar-refractivity contribution is -0.114. The van der Waals surface area contributed by atoms with E-state index in [-0.39, 0.29) is 11.9 Å². The van der Waals surface area contributed by atoms with E-state index in [1.807, 2.05) is 36.4 Å². The number of hydrogen-bond donors (Lipinski definition) is 2. The number of carbonyl (C=O) groups is 1. The predicted octanol–water partition coefficient (Wildman–Crippen LogP) is 3.98. The molecule has 0 saturated carbocycles. The molecule has 0 aromatic heterocycles. The van der Waals surface area contributed by atoms with E-state index in [0.717, 1.165) is 34.9 Å². The summed E-state index contributed by atoms with van der Waals surface area (Å²) in [5.41, 5.74) is 2.96. The molecule has 0 unspecified atom stereocenters. The largest absolute Gasteiger partial charge is 0.486 e. The minimum Gasteiger partial charge on any atom is -0.486 e. The van der Waals surface area contributed by atoms with Gasteiger partial charge in [0.2, 0.25) is 5.91 Å². The topological polar surface area (TPSA) is 59.6 Å². The van der Waals surface area contributed by atoms with Crippen molar-refractivity contribution >= 4 is 17.3 Å². The van der Waals surface area contributed by atoms with Gasteiger partial charge in [0.1, 0.15) is 13.2 Å². The Bertz CT molecular complexity index is 713. The van der Waals surface area contributed by atoms with Gasteiger partial charge < -0.3 is 20.1 Å². The SMILES string of the molecule is CC[C@H](Nc1ccc(NC(C)=O)cc1)c1ccc2c(c1)OCCO2. The third kappa shape index (κ3) is 3.79. The maximum Gasteiger partial charge on any atom is 0.221 e. The van der Waals surface area contributed by atoms with Gasteiger partial charge in [0.05, 0.1) is 6.04 Å². The highest BCUT2D eigenvalue weighted by molar-refractivity contribution is 5.88. The predicted molar refractivity (Wildman–Crippen MR) is 94.8 cm³/mol. The highest BCUT2D eigenvalue weighted by Crippen LogP contribution is 2.34. The summed E-state index contributed by atoms with van der Waals surface area (Å²) in [6, 6.07) is 14.0. The van der Waals surface area contributed by atoms with Gasteiger partial charge in [0.15, 0.2) is 11.5 Å². The molecule has 0 saturated heterocycles. The van der Waals surface area contributed by atoms with Crippen LogP contribution in [0.2, 0.25) is 0 Å².